The normalized spacial score (nSPS) is 12.3. The van der Waals surface area contributed by atoms with Crippen LogP contribution in [-0.2, 0) is 27.7 Å². The van der Waals surface area contributed by atoms with E-state index in [-0.39, 0.29) is 16.0 Å². The number of hydrogen-bond donors (Lipinski definition) is 3. The first-order chi connectivity index (χ1) is 20.6. The minimum Gasteiger partial charge on any atom is -0.481 e. The number of aromatic amines is 1. The molecular weight excluding hydrogens is 665 g/mol. The lowest BCUT2D eigenvalue weighted by Gasteiger charge is -2.15. The number of hydrogen-bond acceptors (Lipinski definition) is 6. The molecule has 224 valence electrons. The van der Waals surface area contributed by atoms with Crippen LogP contribution >= 0.6 is 27.5 Å². The molecule has 0 spiro atoms. The number of fused-ring (bicyclic) bond motifs is 1. The molecule has 13 heteroatoms. The van der Waals surface area contributed by atoms with Crippen LogP contribution in [-0.4, -0.2) is 29.6 Å². The number of carbonyl (C=O) groups is 1. The summed E-state index contributed by atoms with van der Waals surface area (Å²) in [5, 5.41) is 14.8. The van der Waals surface area contributed by atoms with Gasteiger partial charge in [0, 0.05) is 34.3 Å². The fourth-order valence-electron chi connectivity index (χ4n) is 4.80. The Labute approximate surface area is 260 Å². The number of unbranched alkanes of at least 4 members (excludes halogenated alkanes) is 1. The summed E-state index contributed by atoms with van der Waals surface area (Å²) in [4.78, 5) is 14.6. The molecule has 0 saturated heterocycles. The molecule has 0 fully saturated rings. The number of aryl methyl sites for hydroxylation is 1. The topological polar surface area (TPSA) is 135 Å². The lowest BCUT2D eigenvalue weighted by atomic mass is 9.93. The molecule has 1 atom stereocenters. The monoisotopic (exact) mass is 689 g/mol. The molecule has 5 aromatic rings. The minimum atomic E-state index is -4.29. The first-order valence-corrected chi connectivity index (χ1v) is 15.9. The lowest BCUT2D eigenvalue weighted by Crippen LogP contribution is -2.16. The third-order valence-corrected chi connectivity index (χ3v) is 9.16. The van der Waals surface area contributed by atoms with Crippen LogP contribution in [0.4, 0.5) is 10.2 Å². The summed E-state index contributed by atoms with van der Waals surface area (Å²) >= 11 is 9.53. The van der Waals surface area contributed by atoms with Crippen molar-refractivity contribution in [1.82, 2.24) is 10.1 Å². The molecule has 0 bridgehead atoms. The van der Waals surface area contributed by atoms with E-state index in [1.54, 1.807) is 18.2 Å². The van der Waals surface area contributed by atoms with Gasteiger partial charge in [-0.2, -0.15) is 0 Å². The van der Waals surface area contributed by atoms with E-state index >= 15 is 0 Å². The Hall–Kier alpha value is -3.87. The maximum atomic E-state index is 15.0. The highest BCUT2D eigenvalue weighted by Crippen LogP contribution is 2.36. The van der Waals surface area contributed by atoms with E-state index in [4.69, 9.17) is 16.3 Å². The number of aromatic nitrogens is 2. The third-order valence-electron chi connectivity index (χ3n) is 6.93. The van der Waals surface area contributed by atoms with Crippen LogP contribution in [0.5, 0.6) is 11.5 Å². The van der Waals surface area contributed by atoms with Crippen molar-refractivity contribution in [2.75, 3.05) is 4.72 Å². The van der Waals surface area contributed by atoms with Gasteiger partial charge in [0.2, 0.25) is 0 Å². The number of anilines is 1. The maximum Gasteiger partial charge on any atom is 0.306 e. The summed E-state index contributed by atoms with van der Waals surface area (Å²) in [6, 6.07) is 16.2. The average Bonchev–Trinajstić information content (AvgIpc) is 3.62. The smallest absolute Gasteiger partial charge is 0.306 e. The largest absolute Gasteiger partial charge is 0.481 e. The molecule has 0 amide bonds. The van der Waals surface area contributed by atoms with Crippen LogP contribution in [0.2, 0.25) is 5.02 Å². The van der Waals surface area contributed by atoms with Crippen molar-refractivity contribution in [2.24, 2.45) is 5.92 Å². The first kappa shape index (κ1) is 30.6. The molecule has 0 saturated carbocycles. The molecule has 3 N–H and O–H groups in total. The fourth-order valence-corrected chi connectivity index (χ4v) is 6.65. The van der Waals surface area contributed by atoms with E-state index in [0.717, 1.165) is 34.2 Å². The predicted octanol–water partition coefficient (Wildman–Crippen LogP) is 7.96. The Morgan fingerprint density at radius 2 is 1.93 bits per heavy atom. The quantitative estimate of drug-likeness (QED) is 0.107. The molecule has 1 unspecified atom stereocenters. The van der Waals surface area contributed by atoms with Gasteiger partial charge < -0.3 is 19.4 Å². The highest BCUT2D eigenvalue weighted by atomic mass is 79.9. The number of para-hydroxylation sites is 1. The zero-order valence-electron chi connectivity index (χ0n) is 22.5. The van der Waals surface area contributed by atoms with Crippen molar-refractivity contribution in [3.8, 4) is 11.5 Å². The van der Waals surface area contributed by atoms with Crippen LogP contribution in [0, 0.1) is 11.7 Å². The predicted molar refractivity (Wildman–Crippen MR) is 164 cm³/mol. The van der Waals surface area contributed by atoms with E-state index in [0.29, 0.717) is 42.9 Å². The van der Waals surface area contributed by atoms with Gasteiger partial charge in [-0.1, -0.05) is 41.4 Å². The summed E-state index contributed by atoms with van der Waals surface area (Å²) in [6.07, 6.45) is 5.80. The van der Waals surface area contributed by atoms with E-state index in [2.05, 4.69) is 35.3 Å². The third kappa shape index (κ3) is 7.38. The molecule has 2 heterocycles. The van der Waals surface area contributed by atoms with Gasteiger partial charge in [-0.3, -0.25) is 9.52 Å². The highest BCUT2D eigenvalue weighted by molar-refractivity contribution is 9.10. The molecule has 2 aromatic heterocycles. The molecule has 0 aliphatic carbocycles. The second-order valence-electron chi connectivity index (χ2n) is 9.90. The van der Waals surface area contributed by atoms with Crippen LogP contribution in [0.15, 0.2) is 87.0 Å². The van der Waals surface area contributed by atoms with Gasteiger partial charge in [-0.15, -0.1) is 0 Å². The number of aliphatic carboxylic acids is 1. The Morgan fingerprint density at radius 3 is 2.70 bits per heavy atom. The number of rotatable bonds is 13. The van der Waals surface area contributed by atoms with Gasteiger partial charge in [0.25, 0.3) is 10.0 Å². The van der Waals surface area contributed by atoms with Gasteiger partial charge in [0.05, 0.1) is 10.4 Å². The summed E-state index contributed by atoms with van der Waals surface area (Å²) in [5.41, 5.74) is 2.69. The molecule has 0 aliphatic rings. The number of H-pyrrole nitrogens is 1. The molecule has 0 radical (unpaired) electrons. The van der Waals surface area contributed by atoms with Crippen LogP contribution in [0.1, 0.15) is 30.4 Å². The highest BCUT2D eigenvalue weighted by Gasteiger charge is 2.24. The van der Waals surface area contributed by atoms with Gasteiger partial charge in [0.1, 0.15) is 28.5 Å². The molecule has 5 rings (SSSR count). The lowest BCUT2D eigenvalue weighted by molar-refractivity contribution is -0.142. The number of nitrogens with zero attached hydrogens (tertiary/aromatic N) is 1. The Morgan fingerprint density at radius 1 is 1.12 bits per heavy atom. The molecule has 3 aromatic carbocycles. The second kappa shape index (κ2) is 13.2. The Kier molecular flexibility index (Phi) is 9.38. The fraction of sp³-hybridized carbons (Fsp3) is 0.200. The van der Waals surface area contributed by atoms with E-state index in [1.165, 1.54) is 12.3 Å². The zero-order valence-corrected chi connectivity index (χ0v) is 25.7. The molecular formula is C30H26BrClFN3O6S. The SMILES string of the molecule is O=C(O)C(CCCCc1cc(Cl)ccc1Oc1cc(F)c(S(=O)(=O)Nc2ccon2)cc1Br)Cc1c[nH]c2ccccc12. The number of nitrogens with one attached hydrogen (secondary N) is 2. The number of halogens is 3. The van der Waals surface area contributed by atoms with Crippen LogP contribution in [0.25, 0.3) is 10.9 Å². The Balaban J connectivity index is 1.25. The standard InChI is InChI=1S/C30H26BrClFN3O6S/c31-23-15-28(43(39,40)36-29-11-12-41-35-29)24(33)16-27(23)42-26-10-9-21(32)14-18(26)5-1-2-6-19(30(37)38)13-20-17-34-25-8-4-3-7-22(20)25/h3-4,7-12,14-17,19,34H,1-2,5-6,13H2,(H,35,36)(H,37,38). The minimum absolute atomic E-state index is 0.0612. The van der Waals surface area contributed by atoms with Crippen molar-refractivity contribution in [2.45, 2.75) is 37.0 Å². The number of sulfonamides is 1. The summed E-state index contributed by atoms with van der Waals surface area (Å²) < 4.78 is 53.3. The average molecular weight is 691 g/mol. The molecule has 9 nitrogen and oxygen atoms in total. The van der Waals surface area contributed by atoms with Crippen molar-refractivity contribution < 1.29 is 32.0 Å². The zero-order chi connectivity index (χ0) is 30.6. The number of carboxylic acid groups (broad SMARTS) is 1. The first-order valence-electron chi connectivity index (χ1n) is 13.3. The Bertz CT molecular complexity index is 1860. The number of ether oxygens (including phenoxy) is 1. The summed E-state index contributed by atoms with van der Waals surface area (Å²) in [6.45, 7) is 0. The van der Waals surface area contributed by atoms with E-state index < -0.39 is 32.6 Å². The van der Waals surface area contributed by atoms with Crippen molar-refractivity contribution in [3.05, 3.63) is 99.6 Å². The van der Waals surface area contributed by atoms with E-state index in [9.17, 15) is 22.7 Å². The van der Waals surface area contributed by atoms with Gasteiger partial charge >= 0.3 is 5.97 Å². The summed E-state index contributed by atoms with van der Waals surface area (Å²) in [5.74, 6) is -2.03. The summed E-state index contributed by atoms with van der Waals surface area (Å²) in [7, 11) is -4.29. The van der Waals surface area contributed by atoms with Crippen molar-refractivity contribution >= 4 is 60.2 Å². The second-order valence-corrected chi connectivity index (χ2v) is 12.8. The maximum absolute atomic E-state index is 15.0. The van der Waals surface area contributed by atoms with Crippen LogP contribution in [0.3, 0.4) is 0 Å². The number of carboxylic acids is 1. The van der Waals surface area contributed by atoms with Gasteiger partial charge in [-0.05, 0) is 83.1 Å². The van der Waals surface area contributed by atoms with E-state index in [1.807, 2.05) is 30.5 Å². The van der Waals surface area contributed by atoms with Gasteiger partial charge in [0.15, 0.2) is 5.82 Å². The van der Waals surface area contributed by atoms with Crippen LogP contribution < -0.4 is 9.46 Å². The van der Waals surface area contributed by atoms with Crippen molar-refractivity contribution in [1.29, 1.82) is 0 Å². The molecule has 43 heavy (non-hydrogen) atoms. The molecule has 0 aliphatic heterocycles. The number of benzene rings is 3. The van der Waals surface area contributed by atoms with Gasteiger partial charge in [-0.25, -0.2) is 12.8 Å². The van der Waals surface area contributed by atoms with Crippen molar-refractivity contribution in [3.63, 3.8) is 0 Å².